The maximum atomic E-state index is 12.0. The summed E-state index contributed by atoms with van der Waals surface area (Å²) in [7, 11) is 0. The molecule has 0 radical (unpaired) electrons. The molecule has 0 amide bonds. The van der Waals surface area contributed by atoms with Gasteiger partial charge in [-0.1, -0.05) is 35.9 Å². The van der Waals surface area contributed by atoms with E-state index >= 15 is 0 Å². The standard InChI is InChI=1S/C20H24ClNO3.ClH/c1-2-24-19-10-3-4-11-20(19)25-14-13-22-12-6-9-18(23)16-7-5-8-17(21)15-16;/h3-5,7-8,10-11,15,22H,2,6,9,12-14H2,1H3;1H. The average molecular weight is 398 g/mol. The Bertz CT molecular complexity index is 680. The summed E-state index contributed by atoms with van der Waals surface area (Å²) >= 11 is 5.90. The molecule has 0 spiro atoms. The van der Waals surface area contributed by atoms with Crippen LogP contribution in [0.2, 0.25) is 5.02 Å². The van der Waals surface area contributed by atoms with Crippen molar-refractivity contribution in [3.8, 4) is 11.5 Å². The van der Waals surface area contributed by atoms with Gasteiger partial charge in [0.25, 0.3) is 0 Å². The predicted octanol–water partition coefficient (Wildman–Crippen LogP) is 4.79. The van der Waals surface area contributed by atoms with Crippen molar-refractivity contribution in [2.45, 2.75) is 19.8 Å². The first-order valence-corrected chi connectivity index (χ1v) is 8.92. The minimum atomic E-state index is 0. The van der Waals surface area contributed by atoms with Crippen LogP contribution in [0.3, 0.4) is 0 Å². The SMILES string of the molecule is CCOc1ccccc1OCCNCCCC(=O)c1cccc(Cl)c1.Cl. The Morgan fingerprint density at radius 2 is 1.77 bits per heavy atom. The van der Waals surface area contributed by atoms with E-state index in [1.807, 2.05) is 31.2 Å². The van der Waals surface area contributed by atoms with Crippen LogP contribution in [0.15, 0.2) is 48.5 Å². The summed E-state index contributed by atoms with van der Waals surface area (Å²) in [6.45, 7) is 4.59. The molecular weight excluding hydrogens is 373 g/mol. The number of hydrogen-bond acceptors (Lipinski definition) is 4. The van der Waals surface area contributed by atoms with Crippen molar-refractivity contribution in [2.24, 2.45) is 0 Å². The summed E-state index contributed by atoms with van der Waals surface area (Å²) in [4.78, 5) is 12.0. The second kappa shape index (κ2) is 12.6. The molecule has 2 aromatic rings. The number of halogens is 2. The number of Topliss-reactive ketones (excluding diaryl/α,β-unsaturated/α-hetero) is 1. The molecule has 0 saturated heterocycles. The quantitative estimate of drug-likeness (QED) is 0.437. The Morgan fingerprint density at radius 1 is 1.04 bits per heavy atom. The van der Waals surface area contributed by atoms with Crippen LogP contribution in [-0.4, -0.2) is 32.1 Å². The van der Waals surface area contributed by atoms with Crippen LogP contribution in [0.5, 0.6) is 11.5 Å². The number of ether oxygens (including phenoxy) is 2. The molecule has 0 atom stereocenters. The van der Waals surface area contributed by atoms with Gasteiger partial charge < -0.3 is 14.8 Å². The van der Waals surface area contributed by atoms with Crippen molar-refractivity contribution in [3.05, 3.63) is 59.1 Å². The number of rotatable bonds is 11. The minimum absolute atomic E-state index is 0. The van der Waals surface area contributed by atoms with E-state index < -0.39 is 0 Å². The topological polar surface area (TPSA) is 47.6 Å². The Morgan fingerprint density at radius 3 is 2.46 bits per heavy atom. The summed E-state index contributed by atoms with van der Waals surface area (Å²) in [5.74, 6) is 1.63. The molecule has 26 heavy (non-hydrogen) atoms. The van der Waals surface area contributed by atoms with Gasteiger partial charge >= 0.3 is 0 Å². The number of hydrogen-bond donors (Lipinski definition) is 1. The highest BCUT2D eigenvalue weighted by atomic mass is 35.5. The molecule has 0 saturated carbocycles. The van der Waals surface area contributed by atoms with Gasteiger partial charge in [0.15, 0.2) is 17.3 Å². The van der Waals surface area contributed by atoms with Crippen molar-refractivity contribution in [3.63, 3.8) is 0 Å². The van der Waals surface area contributed by atoms with E-state index in [9.17, 15) is 4.79 Å². The first-order valence-electron chi connectivity index (χ1n) is 8.55. The normalized spacial score (nSPS) is 10.1. The lowest BCUT2D eigenvalue weighted by Gasteiger charge is -2.11. The van der Waals surface area contributed by atoms with Gasteiger partial charge in [-0.05, 0) is 44.2 Å². The third kappa shape index (κ3) is 7.65. The third-order valence-electron chi connectivity index (χ3n) is 3.59. The number of para-hydroxylation sites is 2. The largest absolute Gasteiger partial charge is 0.490 e. The molecular formula is C20H25Cl2NO3. The molecule has 4 nitrogen and oxygen atoms in total. The van der Waals surface area contributed by atoms with Crippen LogP contribution in [0.1, 0.15) is 30.1 Å². The van der Waals surface area contributed by atoms with E-state index in [4.69, 9.17) is 21.1 Å². The van der Waals surface area contributed by atoms with E-state index in [1.54, 1.807) is 24.3 Å². The highest BCUT2D eigenvalue weighted by Gasteiger charge is 2.06. The van der Waals surface area contributed by atoms with Gasteiger partial charge in [-0.3, -0.25) is 4.79 Å². The van der Waals surface area contributed by atoms with Gasteiger partial charge in [-0.25, -0.2) is 0 Å². The number of carbonyl (C=O) groups excluding carboxylic acids is 1. The Kier molecular flexibility index (Phi) is 10.8. The number of benzene rings is 2. The summed E-state index contributed by atoms with van der Waals surface area (Å²) in [6.07, 6.45) is 1.28. The van der Waals surface area contributed by atoms with Crippen molar-refractivity contribution in [2.75, 3.05) is 26.3 Å². The highest BCUT2D eigenvalue weighted by molar-refractivity contribution is 6.31. The van der Waals surface area contributed by atoms with Gasteiger partial charge in [-0.2, -0.15) is 0 Å². The molecule has 0 fully saturated rings. The minimum Gasteiger partial charge on any atom is -0.490 e. The second-order valence-corrected chi connectivity index (χ2v) is 5.95. The van der Waals surface area contributed by atoms with Gasteiger partial charge in [0.2, 0.25) is 0 Å². The van der Waals surface area contributed by atoms with Crippen LogP contribution in [0, 0.1) is 0 Å². The summed E-state index contributed by atoms with van der Waals surface area (Å²) in [5.41, 5.74) is 0.670. The molecule has 142 valence electrons. The molecule has 0 heterocycles. The monoisotopic (exact) mass is 397 g/mol. The predicted molar refractivity (Wildman–Crippen MR) is 108 cm³/mol. The van der Waals surface area contributed by atoms with E-state index in [2.05, 4.69) is 5.32 Å². The van der Waals surface area contributed by atoms with E-state index in [0.29, 0.717) is 36.8 Å². The highest BCUT2D eigenvalue weighted by Crippen LogP contribution is 2.26. The van der Waals surface area contributed by atoms with Crippen molar-refractivity contribution in [1.29, 1.82) is 0 Å². The van der Waals surface area contributed by atoms with Crippen molar-refractivity contribution < 1.29 is 14.3 Å². The van der Waals surface area contributed by atoms with Crippen LogP contribution >= 0.6 is 24.0 Å². The van der Waals surface area contributed by atoms with Gasteiger partial charge in [-0.15, -0.1) is 12.4 Å². The van der Waals surface area contributed by atoms with Crippen molar-refractivity contribution >= 4 is 29.8 Å². The molecule has 1 N–H and O–H groups in total. The van der Waals surface area contributed by atoms with Gasteiger partial charge in [0.05, 0.1) is 6.61 Å². The second-order valence-electron chi connectivity index (χ2n) is 5.52. The zero-order valence-electron chi connectivity index (χ0n) is 14.9. The van der Waals surface area contributed by atoms with Crippen molar-refractivity contribution in [1.82, 2.24) is 5.32 Å². The fourth-order valence-corrected chi connectivity index (χ4v) is 2.57. The van der Waals surface area contributed by atoms with E-state index in [-0.39, 0.29) is 18.2 Å². The average Bonchev–Trinajstić information content (AvgIpc) is 2.62. The first-order chi connectivity index (χ1) is 12.2. The lowest BCUT2D eigenvalue weighted by atomic mass is 10.1. The summed E-state index contributed by atoms with van der Waals surface area (Å²) in [6, 6.07) is 14.7. The van der Waals surface area contributed by atoms with E-state index in [1.165, 1.54) is 0 Å². The molecule has 6 heteroatoms. The van der Waals surface area contributed by atoms with Crippen LogP contribution in [0.25, 0.3) is 0 Å². The maximum absolute atomic E-state index is 12.0. The molecule has 0 aliphatic carbocycles. The fraction of sp³-hybridized carbons (Fsp3) is 0.350. The van der Waals surface area contributed by atoms with Crippen LogP contribution in [0.4, 0.5) is 0 Å². The molecule has 0 bridgehead atoms. The lowest BCUT2D eigenvalue weighted by Crippen LogP contribution is -2.22. The van der Waals surface area contributed by atoms with E-state index in [0.717, 1.165) is 24.5 Å². The zero-order chi connectivity index (χ0) is 17.9. The first kappa shape index (κ1) is 22.3. The van der Waals surface area contributed by atoms with Crippen LogP contribution < -0.4 is 14.8 Å². The Labute approximate surface area is 166 Å². The summed E-state index contributed by atoms with van der Waals surface area (Å²) < 4.78 is 11.2. The van der Waals surface area contributed by atoms with Gasteiger partial charge in [0, 0.05) is 23.6 Å². The summed E-state index contributed by atoms with van der Waals surface area (Å²) in [5, 5.41) is 3.87. The lowest BCUT2D eigenvalue weighted by molar-refractivity contribution is 0.0980. The molecule has 0 unspecified atom stereocenters. The smallest absolute Gasteiger partial charge is 0.162 e. The third-order valence-corrected chi connectivity index (χ3v) is 3.82. The number of carbonyl (C=O) groups is 1. The number of ketones is 1. The number of nitrogens with one attached hydrogen (secondary N) is 1. The van der Waals surface area contributed by atoms with Crippen LogP contribution in [-0.2, 0) is 0 Å². The zero-order valence-corrected chi connectivity index (χ0v) is 16.4. The fourth-order valence-electron chi connectivity index (χ4n) is 2.38. The molecule has 0 aromatic heterocycles. The maximum Gasteiger partial charge on any atom is 0.162 e. The molecule has 2 rings (SSSR count). The molecule has 2 aromatic carbocycles. The molecule has 0 aliphatic heterocycles. The Balaban J connectivity index is 0.00000338. The van der Waals surface area contributed by atoms with Gasteiger partial charge in [0.1, 0.15) is 6.61 Å². The molecule has 0 aliphatic rings. The Hall–Kier alpha value is -1.75.